The number of aromatic nitrogens is 2. The number of Topliss-reactive ketones (excluding diaryl/α,β-unsaturated/α-hetero) is 1. The summed E-state index contributed by atoms with van der Waals surface area (Å²) < 4.78 is 26.9. The minimum Gasteiger partial charge on any atom is -0.354 e. The van der Waals surface area contributed by atoms with Gasteiger partial charge in [0.05, 0.1) is 10.1 Å². The molecule has 1 aliphatic rings. The lowest BCUT2D eigenvalue weighted by atomic mass is 10.1. The number of benzene rings is 1. The van der Waals surface area contributed by atoms with Crippen LogP contribution in [0.3, 0.4) is 0 Å². The zero-order chi connectivity index (χ0) is 19.8. The van der Waals surface area contributed by atoms with Gasteiger partial charge in [0.15, 0.2) is 21.4 Å². The van der Waals surface area contributed by atoms with E-state index in [0.717, 1.165) is 12.8 Å². The van der Waals surface area contributed by atoms with Crippen molar-refractivity contribution in [2.75, 3.05) is 7.05 Å². The highest BCUT2D eigenvalue weighted by Gasteiger charge is 2.30. The van der Waals surface area contributed by atoms with E-state index in [4.69, 9.17) is 0 Å². The first-order valence-corrected chi connectivity index (χ1v) is 10.5. The molecule has 0 radical (unpaired) electrons. The molecule has 0 unspecified atom stereocenters. The summed E-state index contributed by atoms with van der Waals surface area (Å²) in [6, 6.07) is 6.39. The molecule has 1 aromatic carbocycles. The number of nitrogens with zero attached hydrogens (tertiary/aromatic N) is 2. The maximum atomic E-state index is 12.7. The third-order valence-electron chi connectivity index (χ3n) is 5.05. The Labute approximate surface area is 158 Å². The normalized spacial score (nSPS) is 15.1. The Bertz CT molecular complexity index is 985. The topological polar surface area (TPSA) is 98.1 Å². The molecule has 1 aliphatic carbocycles. The number of ketones is 1. The zero-order valence-electron chi connectivity index (χ0n) is 15.7. The molecule has 3 rings (SSSR count). The van der Waals surface area contributed by atoms with Crippen LogP contribution in [0, 0.1) is 0 Å². The van der Waals surface area contributed by atoms with E-state index >= 15 is 0 Å². The molecule has 144 valence electrons. The number of sulfone groups is 1. The van der Waals surface area contributed by atoms with Crippen LogP contribution < -0.4 is 5.32 Å². The SMILES string of the molecule is CNC(=O)c1c(-c2ccc(S(=O)(=O)C3CCCC3)cc2)nc(C(C)=O)n1C. The lowest BCUT2D eigenvalue weighted by molar-refractivity contribution is 0.0955. The zero-order valence-corrected chi connectivity index (χ0v) is 16.5. The third kappa shape index (κ3) is 3.41. The van der Waals surface area contributed by atoms with Crippen molar-refractivity contribution in [1.29, 1.82) is 0 Å². The molecule has 7 nitrogen and oxygen atoms in total. The van der Waals surface area contributed by atoms with Crippen molar-refractivity contribution in [3.63, 3.8) is 0 Å². The van der Waals surface area contributed by atoms with Gasteiger partial charge in [-0.1, -0.05) is 25.0 Å². The first-order valence-electron chi connectivity index (χ1n) is 8.91. The Morgan fingerprint density at radius 2 is 1.74 bits per heavy atom. The molecular formula is C19H23N3O4S. The monoisotopic (exact) mass is 389 g/mol. The Kier molecular flexibility index (Phi) is 5.19. The Balaban J connectivity index is 2.04. The van der Waals surface area contributed by atoms with Crippen LogP contribution in [-0.2, 0) is 16.9 Å². The third-order valence-corrected chi connectivity index (χ3v) is 7.33. The number of carbonyl (C=O) groups excluding carboxylic acids is 2. The second-order valence-corrected chi connectivity index (χ2v) is 9.03. The van der Waals surface area contributed by atoms with Gasteiger partial charge in [-0.3, -0.25) is 9.59 Å². The smallest absolute Gasteiger partial charge is 0.269 e. The average molecular weight is 389 g/mol. The summed E-state index contributed by atoms with van der Waals surface area (Å²) in [5, 5.41) is 2.23. The molecule has 27 heavy (non-hydrogen) atoms. The Hall–Kier alpha value is -2.48. The minimum atomic E-state index is -3.34. The van der Waals surface area contributed by atoms with Crippen molar-refractivity contribution in [2.24, 2.45) is 7.05 Å². The fraction of sp³-hybridized carbons (Fsp3) is 0.421. The van der Waals surface area contributed by atoms with E-state index in [2.05, 4.69) is 10.3 Å². The lowest BCUT2D eigenvalue weighted by Crippen LogP contribution is -2.22. The van der Waals surface area contributed by atoms with Gasteiger partial charge in [-0.2, -0.15) is 0 Å². The molecule has 8 heteroatoms. The van der Waals surface area contributed by atoms with Gasteiger partial charge < -0.3 is 9.88 Å². The van der Waals surface area contributed by atoms with Crippen LogP contribution in [0.2, 0.25) is 0 Å². The number of hydrogen-bond acceptors (Lipinski definition) is 5. The second kappa shape index (κ2) is 7.26. The first kappa shape index (κ1) is 19.3. The van der Waals surface area contributed by atoms with Crippen LogP contribution in [0.4, 0.5) is 0 Å². The largest absolute Gasteiger partial charge is 0.354 e. The molecule has 1 N–H and O–H groups in total. The van der Waals surface area contributed by atoms with Gasteiger partial charge in [-0.25, -0.2) is 13.4 Å². The highest BCUT2D eigenvalue weighted by molar-refractivity contribution is 7.92. The van der Waals surface area contributed by atoms with E-state index in [1.807, 2.05) is 0 Å². The Morgan fingerprint density at radius 3 is 2.26 bits per heavy atom. The molecule has 1 aromatic heterocycles. The standard InChI is InChI=1S/C19H23N3O4S/c1-12(23)18-21-16(17(22(18)3)19(24)20-2)13-8-10-15(11-9-13)27(25,26)14-6-4-5-7-14/h8-11,14H,4-7H2,1-3H3,(H,20,24). The number of carbonyl (C=O) groups is 2. The van der Waals surface area contributed by atoms with Gasteiger partial charge in [0.2, 0.25) is 0 Å². The van der Waals surface area contributed by atoms with Gasteiger partial charge in [-0.05, 0) is 25.0 Å². The molecule has 0 saturated heterocycles. The van der Waals surface area contributed by atoms with Gasteiger partial charge >= 0.3 is 0 Å². The van der Waals surface area contributed by atoms with Crippen molar-refractivity contribution in [3.05, 3.63) is 35.8 Å². The molecule has 2 aromatic rings. The number of nitrogens with one attached hydrogen (secondary N) is 1. The number of hydrogen-bond donors (Lipinski definition) is 1. The summed E-state index contributed by atoms with van der Waals surface area (Å²) in [7, 11) is -0.233. The van der Waals surface area contributed by atoms with E-state index in [1.54, 1.807) is 31.3 Å². The summed E-state index contributed by atoms with van der Waals surface area (Å²) >= 11 is 0. The average Bonchev–Trinajstić information content (AvgIpc) is 3.29. The molecule has 0 atom stereocenters. The molecule has 1 heterocycles. The number of amides is 1. The van der Waals surface area contributed by atoms with Crippen molar-refractivity contribution in [1.82, 2.24) is 14.9 Å². The van der Waals surface area contributed by atoms with Crippen LogP contribution >= 0.6 is 0 Å². The van der Waals surface area contributed by atoms with E-state index in [9.17, 15) is 18.0 Å². The van der Waals surface area contributed by atoms with Crippen LogP contribution in [0.15, 0.2) is 29.2 Å². The highest BCUT2D eigenvalue weighted by atomic mass is 32.2. The highest BCUT2D eigenvalue weighted by Crippen LogP contribution is 2.31. The summed E-state index contributed by atoms with van der Waals surface area (Å²) in [4.78, 5) is 28.7. The molecule has 0 aliphatic heterocycles. The Morgan fingerprint density at radius 1 is 1.15 bits per heavy atom. The van der Waals surface area contributed by atoms with E-state index in [1.165, 1.54) is 18.5 Å². The molecule has 0 bridgehead atoms. The number of imidazole rings is 1. The predicted molar refractivity (Wildman–Crippen MR) is 101 cm³/mol. The van der Waals surface area contributed by atoms with Crippen molar-refractivity contribution in [3.8, 4) is 11.3 Å². The lowest BCUT2D eigenvalue weighted by Gasteiger charge is -2.11. The predicted octanol–water partition coefficient (Wildman–Crippen LogP) is 2.37. The summed E-state index contributed by atoms with van der Waals surface area (Å²) in [6.45, 7) is 1.39. The molecule has 0 spiro atoms. The summed E-state index contributed by atoms with van der Waals surface area (Å²) in [5.74, 6) is -0.448. The minimum absolute atomic E-state index is 0.172. The fourth-order valence-electron chi connectivity index (χ4n) is 3.59. The van der Waals surface area contributed by atoms with E-state index < -0.39 is 9.84 Å². The summed E-state index contributed by atoms with van der Waals surface area (Å²) in [6.07, 6.45) is 3.29. The van der Waals surface area contributed by atoms with Gasteiger partial charge in [-0.15, -0.1) is 0 Å². The van der Waals surface area contributed by atoms with Crippen molar-refractivity contribution >= 4 is 21.5 Å². The van der Waals surface area contributed by atoms with Gasteiger partial charge in [0, 0.05) is 26.6 Å². The maximum absolute atomic E-state index is 12.7. The second-order valence-electron chi connectivity index (χ2n) is 6.80. The maximum Gasteiger partial charge on any atom is 0.269 e. The van der Waals surface area contributed by atoms with Crippen LogP contribution in [-0.4, -0.2) is 42.0 Å². The van der Waals surface area contributed by atoms with Crippen LogP contribution in [0.5, 0.6) is 0 Å². The van der Waals surface area contributed by atoms with Crippen LogP contribution in [0.1, 0.15) is 53.7 Å². The van der Waals surface area contributed by atoms with E-state index in [-0.39, 0.29) is 33.4 Å². The molecular weight excluding hydrogens is 366 g/mol. The fourth-order valence-corrected chi connectivity index (χ4v) is 5.44. The summed E-state index contributed by atoms with van der Waals surface area (Å²) in [5.41, 5.74) is 1.20. The number of rotatable bonds is 5. The first-order chi connectivity index (χ1) is 12.8. The molecule has 1 fully saturated rings. The quantitative estimate of drug-likeness (QED) is 0.792. The van der Waals surface area contributed by atoms with Gasteiger partial charge in [0.1, 0.15) is 11.4 Å². The molecule has 1 amide bonds. The van der Waals surface area contributed by atoms with E-state index in [0.29, 0.717) is 24.1 Å². The van der Waals surface area contributed by atoms with Gasteiger partial charge in [0.25, 0.3) is 5.91 Å². The van der Waals surface area contributed by atoms with Crippen LogP contribution in [0.25, 0.3) is 11.3 Å². The molecule has 1 saturated carbocycles. The van der Waals surface area contributed by atoms with Crippen molar-refractivity contribution in [2.45, 2.75) is 42.8 Å². The van der Waals surface area contributed by atoms with Crippen molar-refractivity contribution < 1.29 is 18.0 Å².